The fourth-order valence-corrected chi connectivity index (χ4v) is 5.40. The minimum absolute atomic E-state index is 0.167. The Labute approximate surface area is 166 Å². The first-order valence-electron chi connectivity index (χ1n) is 8.38. The quantitative estimate of drug-likeness (QED) is 0.455. The molecule has 1 heterocycles. The molecule has 0 aliphatic rings. The summed E-state index contributed by atoms with van der Waals surface area (Å²) < 4.78 is 31.0. The summed E-state index contributed by atoms with van der Waals surface area (Å²) in [6, 6.07) is 12.5. The van der Waals surface area contributed by atoms with Crippen LogP contribution in [0, 0.1) is 19.7 Å². The van der Waals surface area contributed by atoms with Crippen LogP contribution < -0.4 is 10.4 Å². The molecule has 0 aliphatic carbocycles. The van der Waals surface area contributed by atoms with Gasteiger partial charge in [-0.25, -0.2) is 9.18 Å². The smallest absolute Gasteiger partial charge is 0.350 e. The highest BCUT2D eigenvalue weighted by atomic mass is 32.1. The Balaban J connectivity index is 2.03. The van der Waals surface area contributed by atoms with E-state index in [1.807, 2.05) is 13.0 Å². The molecule has 0 radical (unpaired) electrons. The first-order chi connectivity index (χ1) is 13.2. The maximum absolute atomic E-state index is 13.2. The molecule has 2 aromatic carbocycles. The van der Waals surface area contributed by atoms with Gasteiger partial charge in [0.25, 0.3) is 0 Å². The minimum Gasteiger partial charge on any atom is -0.465 e. The molecular formula is C20H19FNO4PS. The Bertz CT molecular complexity index is 1080. The number of esters is 1. The summed E-state index contributed by atoms with van der Waals surface area (Å²) in [5, 5.41) is 2.89. The molecule has 0 saturated carbocycles. The van der Waals surface area contributed by atoms with Gasteiger partial charge in [-0.05, 0) is 49.2 Å². The fourth-order valence-electron chi connectivity index (χ4n) is 2.84. The summed E-state index contributed by atoms with van der Waals surface area (Å²) in [6.07, 6.45) is 0. The number of hydrogen-bond acceptors (Lipinski definition) is 4. The summed E-state index contributed by atoms with van der Waals surface area (Å²) in [6.45, 7) is 3.65. The molecular weight excluding hydrogens is 400 g/mol. The van der Waals surface area contributed by atoms with Crippen molar-refractivity contribution in [2.24, 2.45) is 0 Å². The lowest BCUT2D eigenvalue weighted by Gasteiger charge is -2.17. The number of carbonyl (C=O) groups is 1. The van der Waals surface area contributed by atoms with Crippen LogP contribution in [0.25, 0.3) is 10.4 Å². The third-order valence-electron chi connectivity index (χ3n) is 4.18. The number of hydrogen-bond donors (Lipinski definition) is 2. The number of methoxy groups -OCH3 is 1. The number of ether oxygens (including phenoxy) is 1. The van der Waals surface area contributed by atoms with Crippen LogP contribution in [-0.4, -0.2) is 18.0 Å². The van der Waals surface area contributed by atoms with Gasteiger partial charge in [-0.3, -0.25) is 4.57 Å². The molecule has 0 aliphatic heterocycles. The predicted molar refractivity (Wildman–Crippen MR) is 110 cm³/mol. The van der Waals surface area contributed by atoms with Crippen LogP contribution in [0.15, 0.2) is 48.5 Å². The Kier molecular flexibility index (Phi) is 5.70. The maximum atomic E-state index is 13.2. The summed E-state index contributed by atoms with van der Waals surface area (Å²) in [4.78, 5) is 23.6. The average molecular weight is 419 g/mol. The SMILES string of the molecule is COC(=O)c1sc(-c2ccc(F)cc2)cc1NP(=O)(O)c1ccc(C)cc1C. The van der Waals surface area contributed by atoms with E-state index in [2.05, 4.69) is 5.09 Å². The number of benzene rings is 2. The van der Waals surface area contributed by atoms with E-state index in [1.165, 1.54) is 19.2 Å². The number of carbonyl (C=O) groups excluding carboxylic acids is 1. The van der Waals surface area contributed by atoms with E-state index in [4.69, 9.17) is 4.74 Å². The maximum Gasteiger partial charge on any atom is 0.350 e. The minimum atomic E-state index is -4.00. The largest absolute Gasteiger partial charge is 0.465 e. The second-order valence-electron chi connectivity index (χ2n) is 6.33. The standard InChI is InChI=1S/C20H19FNO4PS/c1-12-4-9-17(13(2)10-12)27(24,25)22-16-11-18(28-19(16)20(23)26-3)14-5-7-15(21)8-6-14/h4-11H,1-3H3,(H2,22,24,25). The van der Waals surface area contributed by atoms with E-state index in [0.717, 1.165) is 16.9 Å². The van der Waals surface area contributed by atoms with Crippen LogP contribution in [0.5, 0.6) is 0 Å². The van der Waals surface area contributed by atoms with E-state index < -0.39 is 13.5 Å². The molecule has 0 spiro atoms. The van der Waals surface area contributed by atoms with Gasteiger partial charge in [-0.2, -0.15) is 0 Å². The lowest BCUT2D eigenvalue weighted by molar-refractivity contribution is 0.0607. The normalized spacial score (nSPS) is 13.0. The van der Waals surface area contributed by atoms with Gasteiger partial charge in [0.2, 0.25) is 0 Å². The average Bonchev–Trinajstić information content (AvgIpc) is 3.04. The van der Waals surface area contributed by atoms with Crippen molar-refractivity contribution in [3.05, 3.63) is 70.4 Å². The van der Waals surface area contributed by atoms with Crippen molar-refractivity contribution in [2.75, 3.05) is 12.2 Å². The second kappa shape index (κ2) is 7.87. The molecule has 1 unspecified atom stereocenters. The van der Waals surface area contributed by atoms with Gasteiger partial charge in [0.1, 0.15) is 10.7 Å². The number of nitrogens with one attached hydrogen (secondary N) is 1. The fraction of sp³-hybridized carbons (Fsp3) is 0.150. The van der Waals surface area contributed by atoms with Crippen LogP contribution in [0.2, 0.25) is 0 Å². The lowest BCUT2D eigenvalue weighted by Crippen LogP contribution is -2.15. The number of anilines is 1. The van der Waals surface area contributed by atoms with Crippen molar-refractivity contribution in [1.82, 2.24) is 0 Å². The van der Waals surface area contributed by atoms with Gasteiger partial charge in [-0.1, -0.05) is 29.8 Å². The highest BCUT2D eigenvalue weighted by molar-refractivity contribution is 7.67. The van der Waals surface area contributed by atoms with Gasteiger partial charge in [0.15, 0.2) is 0 Å². The van der Waals surface area contributed by atoms with Crippen LogP contribution in [-0.2, 0) is 9.30 Å². The molecule has 0 saturated heterocycles. The molecule has 0 amide bonds. The van der Waals surface area contributed by atoms with Gasteiger partial charge < -0.3 is 14.7 Å². The summed E-state index contributed by atoms with van der Waals surface area (Å²) in [5.74, 6) is -0.997. The van der Waals surface area contributed by atoms with Crippen molar-refractivity contribution in [2.45, 2.75) is 13.8 Å². The first-order valence-corrected chi connectivity index (χ1v) is 10.9. The Hall–Kier alpha value is -2.47. The van der Waals surface area contributed by atoms with E-state index in [-0.39, 0.29) is 21.7 Å². The van der Waals surface area contributed by atoms with Crippen molar-refractivity contribution < 1.29 is 23.4 Å². The molecule has 28 heavy (non-hydrogen) atoms. The molecule has 1 atom stereocenters. The zero-order valence-electron chi connectivity index (χ0n) is 15.5. The summed E-state index contributed by atoms with van der Waals surface area (Å²) >= 11 is 1.10. The highest BCUT2D eigenvalue weighted by Gasteiger charge is 2.28. The van der Waals surface area contributed by atoms with Crippen LogP contribution in [0.3, 0.4) is 0 Å². The number of thiophene rings is 1. The van der Waals surface area contributed by atoms with Gasteiger partial charge in [-0.15, -0.1) is 11.3 Å². The topological polar surface area (TPSA) is 75.6 Å². The van der Waals surface area contributed by atoms with Crippen molar-refractivity contribution >= 4 is 35.8 Å². The van der Waals surface area contributed by atoms with Crippen molar-refractivity contribution in [3.63, 3.8) is 0 Å². The van der Waals surface area contributed by atoms with Gasteiger partial charge in [0, 0.05) is 4.88 Å². The molecule has 146 valence electrons. The molecule has 1 aromatic heterocycles. The number of halogens is 1. The van der Waals surface area contributed by atoms with Crippen molar-refractivity contribution in [1.29, 1.82) is 0 Å². The third kappa shape index (κ3) is 4.17. The molecule has 8 heteroatoms. The van der Waals surface area contributed by atoms with Crippen molar-refractivity contribution in [3.8, 4) is 10.4 Å². The molecule has 3 rings (SSSR count). The molecule has 3 aromatic rings. The molecule has 5 nitrogen and oxygen atoms in total. The van der Waals surface area contributed by atoms with E-state index in [1.54, 1.807) is 37.3 Å². The van der Waals surface area contributed by atoms with Gasteiger partial charge >= 0.3 is 13.5 Å². The predicted octanol–water partition coefficient (Wildman–Crippen LogP) is 4.88. The Morgan fingerprint density at radius 3 is 2.43 bits per heavy atom. The Morgan fingerprint density at radius 1 is 1.14 bits per heavy atom. The zero-order valence-corrected chi connectivity index (χ0v) is 17.2. The number of aryl methyl sites for hydroxylation is 2. The zero-order chi connectivity index (χ0) is 20.5. The second-order valence-corrected chi connectivity index (χ2v) is 9.24. The highest BCUT2D eigenvalue weighted by Crippen LogP contribution is 2.45. The molecule has 2 N–H and O–H groups in total. The Morgan fingerprint density at radius 2 is 1.82 bits per heavy atom. The van der Waals surface area contributed by atoms with E-state index >= 15 is 0 Å². The molecule has 0 bridgehead atoms. The monoisotopic (exact) mass is 419 g/mol. The van der Waals surface area contributed by atoms with Crippen LogP contribution >= 0.6 is 18.9 Å². The van der Waals surface area contributed by atoms with Crippen LogP contribution in [0.4, 0.5) is 10.1 Å². The van der Waals surface area contributed by atoms with E-state index in [0.29, 0.717) is 16.0 Å². The first kappa shape index (κ1) is 20.3. The summed E-state index contributed by atoms with van der Waals surface area (Å²) in [7, 11) is -2.76. The lowest BCUT2D eigenvalue weighted by atomic mass is 10.2. The van der Waals surface area contributed by atoms with Crippen LogP contribution in [0.1, 0.15) is 20.8 Å². The summed E-state index contributed by atoms with van der Waals surface area (Å²) in [5.41, 5.74) is 2.53. The van der Waals surface area contributed by atoms with Gasteiger partial charge in [0.05, 0.1) is 18.1 Å². The molecule has 0 fully saturated rings. The van der Waals surface area contributed by atoms with E-state index in [9.17, 15) is 18.6 Å². The number of rotatable bonds is 5. The third-order valence-corrected chi connectivity index (χ3v) is 7.05.